The first-order chi connectivity index (χ1) is 9.82. The van der Waals surface area contributed by atoms with Crippen LogP contribution in [0.25, 0.3) is 0 Å². The van der Waals surface area contributed by atoms with Crippen LogP contribution >= 0.6 is 0 Å². The van der Waals surface area contributed by atoms with E-state index in [1.165, 1.54) is 6.92 Å². The third kappa shape index (κ3) is 5.63. The number of carboxylic acid groups (broad SMARTS) is 1. The van der Waals surface area contributed by atoms with Crippen LogP contribution in [0.4, 0.5) is 0 Å². The lowest BCUT2D eigenvalue weighted by molar-refractivity contribution is -0.255. The zero-order chi connectivity index (χ0) is 16.0. The van der Waals surface area contributed by atoms with Crippen LogP contribution in [0.2, 0.25) is 0 Å². The second kappa shape index (κ2) is 8.34. The highest BCUT2D eigenvalue weighted by atomic mass is 16.7. The van der Waals surface area contributed by atoms with E-state index in [0.717, 1.165) is 0 Å². The molecule has 0 spiro atoms. The van der Waals surface area contributed by atoms with Crippen LogP contribution in [0.15, 0.2) is 0 Å². The Balaban J connectivity index is 2.49. The lowest BCUT2D eigenvalue weighted by Crippen LogP contribution is -2.47. The maximum Gasteiger partial charge on any atom is 0.303 e. The number of rotatable bonds is 7. The van der Waals surface area contributed by atoms with E-state index >= 15 is 0 Å². The summed E-state index contributed by atoms with van der Waals surface area (Å²) in [4.78, 5) is 21.4. The highest BCUT2D eigenvalue weighted by Gasteiger charge is 2.39. The Kier molecular flexibility index (Phi) is 7.11. The summed E-state index contributed by atoms with van der Waals surface area (Å²) in [6.45, 7) is 8.22. The van der Waals surface area contributed by atoms with Gasteiger partial charge in [0, 0.05) is 19.3 Å². The molecule has 5 atom stereocenters. The molecular formula is C15H26O6. The van der Waals surface area contributed by atoms with Gasteiger partial charge in [0.15, 0.2) is 6.29 Å². The summed E-state index contributed by atoms with van der Waals surface area (Å²) in [6.07, 6.45) is -0.0279. The van der Waals surface area contributed by atoms with Gasteiger partial charge in [-0.25, -0.2) is 0 Å². The van der Waals surface area contributed by atoms with Crippen molar-refractivity contribution in [2.24, 2.45) is 17.8 Å². The number of carbonyl (C=O) groups excluding carboxylic acids is 1. The van der Waals surface area contributed by atoms with E-state index in [1.54, 1.807) is 0 Å². The summed E-state index contributed by atoms with van der Waals surface area (Å²) < 4.78 is 16.6. The maximum atomic E-state index is 10.9. The fourth-order valence-electron chi connectivity index (χ4n) is 2.49. The first-order valence-electron chi connectivity index (χ1n) is 7.45. The Morgan fingerprint density at radius 2 is 1.81 bits per heavy atom. The Bertz CT molecular complexity index is 356. The maximum absolute atomic E-state index is 10.9. The molecule has 0 aromatic rings. The first-order valence-corrected chi connectivity index (χ1v) is 7.45. The summed E-state index contributed by atoms with van der Waals surface area (Å²) in [6, 6.07) is 0. The number of carbonyl (C=O) groups is 2. The molecule has 1 fully saturated rings. The van der Waals surface area contributed by atoms with Crippen molar-refractivity contribution in [1.82, 2.24) is 0 Å². The van der Waals surface area contributed by atoms with Gasteiger partial charge in [-0.05, 0) is 18.3 Å². The van der Waals surface area contributed by atoms with Gasteiger partial charge in [-0.3, -0.25) is 9.59 Å². The molecule has 1 heterocycles. The molecule has 5 unspecified atom stereocenters. The average molecular weight is 302 g/mol. The molecule has 1 aliphatic heterocycles. The number of hydrogen-bond donors (Lipinski definition) is 1. The molecule has 0 aromatic heterocycles. The van der Waals surface area contributed by atoms with Gasteiger partial charge in [-0.15, -0.1) is 0 Å². The summed E-state index contributed by atoms with van der Waals surface area (Å²) in [5.41, 5.74) is 0. The molecule has 1 rings (SSSR count). The molecule has 1 saturated heterocycles. The molecule has 6 heteroatoms. The Labute approximate surface area is 125 Å². The minimum absolute atomic E-state index is 0.0872. The Morgan fingerprint density at radius 3 is 2.38 bits per heavy atom. The number of ether oxygens (including phenoxy) is 3. The normalized spacial score (nSPS) is 32.7. The Hall–Kier alpha value is -1.14. The van der Waals surface area contributed by atoms with E-state index in [-0.39, 0.29) is 43.2 Å². The van der Waals surface area contributed by atoms with Crippen molar-refractivity contribution in [3.63, 3.8) is 0 Å². The lowest BCUT2D eigenvalue weighted by Gasteiger charge is -2.43. The van der Waals surface area contributed by atoms with Gasteiger partial charge < -0.3 is 19.3 Å². The van der Waals surface area contributed by atoms with Gasteiger partial charge in [0.2, 0.25) is 0 Å². The monoisotopic (exact) mass is 302 g/mol. The highest BCUT2D eigenvalue weighted by Crippen LogP contribution is 2.35. The summed E-state index contributed by atoms with van der Waals surface area (Å²) in [5, 5.41) is 8.61. The third-order valence-corrected chi connectivity index (χ3v) is 4.25. The summed E-state index contributed by atoms with van der Waals surface area (Å²) >= 11 is 0. The molecule has 0 bridgehead atoms. The number of aliphatic carboxylic acids is 1. The van der Waals surface area contributed by atoms with Gasteiger partial charge in [-0.1, -0.05) is 20.8 Å². The fraction of sp³-hybridized carbons (Fsp3) is 0.867. The second-order valence-corrected chi connectivity index (χ2v) is 5.79. The molecule has 0 saturated carbocycles. The molecule has 0 amide bonds. The van der Waals surface area contributed by atoms with E-state index in [2.05, 4.69) is 20.8 Å². The minimum Gasteiger partial charge on any atom is -0.481 e. The Morgan fingerprint density at radius 1 is 1.14 bits per heavy atom. The zero-order valence-electron chi connectivity index (χ0n) is 13.2. The molecule has 1 N–H and O–H groups in total. The van der Waals surface area contributed by atoms with Crippen molar-refractivity contribution in [3.05, 3.63) is 0 Å². The van der Waals surface area contributed by atoms with E-state index in [9.17, 15) is 9.59 Å². The van der Waals surface area contributed by atoms with E-state index in [0.29, 0.717) is 18.9 Å². The van der Waals surface area contributed by atoms with Gasteiger partial charge in [0.25, 0.3) is 0 Å². The topological polar surface area (TPSA) is 82.1 Å². The SMILES string of the molecule is CC(=O)OCC1OC(OCCCC(=O)O)C(C)C(C)C1C. The van der Waals surface area contributed by atoms with Crippen LogP contribution < -0.4 is 0 Å². The molecule has 21 heavy (non-hydrogen) atoms. The molecular weight excluding hydrogens is 276 g/mol. The van der Waals surface area contributed by atoms with Crippen LogP contribution in [-0.2, 0) is 23.8 Å². The predicted octanol–water partition coefficient (Wildman–Crippen LogP) is 2.06. The van der Waals surface area contributed by atoms with Crippen LogP contribution in [-0.4, -0.2) is 42.7 Å². The predicted molar refractivity (Wildman–Crippen MR) is 75.6 cm³/mol. The van der Waals surface area contributed by atoms with Gasteiger partial charge in [0.1, 0.15) is 6.61 Å². The standard InChI is InChI=1S/C15H26O6/c1-9-10(2)13(8-20-12(4)16)21-15(11(9)3)19-7-5-6-14(17)18/h9-11,13,15H,5-8H2,1-4H3,(H,17,18). The average Bonchev–Trinajstić information content (AvgIpc) is 2.41. The van der Waals surface area contributed by atoms with Crippen LogP contribution in [0.1, 0.15) is 40.5 Å². The summed E-state index contributed by atoms with van der Waals surface area (Å²) in [5.74, 6) is -0.317. The number of carboxylic acids is 1. The van der Waals surface area contributed by atoms with Crippen molar-refractivity contribution in [2.45, 2.75) is 52.9 Å². The second-order valence-electron chi connectivity index (χ2n) is 5.79. The largest absolute Gasteiger partial charge is 0.481 e. The van der Waals surface area contributed by atoms with Crippen LogP contribution in [0.3, 0.4) is 0 Å². The third-order valence-electron chi connectivity index (χ3n) is 4.25. The highest BCUT2D eigenvalue weighted by molar-refractivity contribution is 5.66. The quantitative estimate of drug-likeness (QED) is 0.572. The number of esters is 1. The molecule has 6 nitrogen and oxygen atoms in total. The molecule has 1 aliphatic rings. The lowest BCUT2D eigenvalue weighted by atomic mass is 9.79. The zero-order valence-corrected chi connectivity index (χ0v) is 13.2. The summed E-state index contributed by atoms with van der Waals surface area (Å²) in [7, 11) is 0. The van der Waals surface area contributed by atoms with Gasteiger partial charge in [0.05, 0.1) is 12.7 Å². The first kappa shape index (κ1) is 17.9. The molecule has 0 aromatic carbocycles. The molecule has 122 valence electrons. The van der Waals surface area contributed by atoms with E-state index in [4.69, 9.17) is 19.3 Å². The van der Waals surface area contributed by atoms with E-state index < -0.39 is 5.97 Å². The van der Waals surface area contributed by atoms with E-state index in [1.807, 2.05) is 0 Å². The van der Waals surface area contributed by atoms with Crippen LogP contribution in [0, 0.1) is 17.8 Å². The smallest absolute Gasteiger partial charge is 0.303 e. The number of hydrogen-bond acceptors (Lipinski definition) is 5. The van der Waals surface area contributed by atoms with Crippen molar-refractivity contribution in [1.29, 1.82) is 0 Å². The van der Waals surface area contributed by atoms with Crippen molar-refractivity contribution >= 4 is 11.9 Å². The molecule has 0 aliphatic carbocycles. The van der Waals surface area contributed by atoms with Crippen molar-refractivity contribution < 1.29 is 28.9 Å². The van der Waals surface area contributed by atoms with Gasteiger partial charge >= 0.3 is 11.9 Å². The minimum atomic E-state index is -0.828. The van der Waals surface area contributed by atoms with Crippen molar-refractivity contribution in [2.75, 3.05) is 13.2 Å². The van der Waals surface area contributed by atoms with Gasteiger partial charge in [-0.2, -0.15) is 0 Å². The van der Waals surface area contributed by atoms with Crippen molar-refractivity contribution in [3.8, 4) is 0 Å². The fourth-order valence-corrected chi connectivity index (χ4v) is 2.49. The molecule has 0 radical (unpaired) electrons. The van der Waals surface area contributed by atoms with Crippen LogP contribution in [0.5, 0.6) is 0 Å².